The second-order valence-electron chi connectivity index (χ2n) is 15.8. The molecule has 2 aromatic rings. The average molecular weight is 984 g/mol. The minimum absolute atomic E-state index is 0.0166. The summed E-state index contributed by atoms with van der Waals surface area (Å²) < 4.78 is 183. The van der Waals surface area contributed by atoms with Crippen molar-refractivity contribution < 1.29 is 95.5 Å². The normalized spacial score (nSPS) is 12.7. The summed E-state index contributed by atoms with van der Waals surface area (Å²) in [7, 11) is 0. The highest BCUT2D eigenvalue weighted by Crippen LogP contribution is 2.39. The van der Waals surface area contributed by atoms with Crippen LogP contribution in [-0.2, 0) is 58.1 Å². The lowest BCUT2D eigenvalue weighted by Gasteiger charge is -2.18. The summed E-state index contributed by atoms with van der Waals surface area (Å²) in [6.45, 7) is -0.953. The number of primary amides is 1. The predicted octanol–water partition coefficient (Wildman–Crippen LogP) is 12.5. The van der Waals surface area contributed by atoms with E-state index in [1.807, 2.05) is 0 Å². The molecule has 380 valence electrons. The van der Waals surface area contributed by atoms with Gasteiger partial charge in [-0.25, -0.2) is 0 Å². The number of esters is 3. The van der Waals surface area contributed by atoms with Crippen molar-refractivity contribution in [1.29, 1.82) is 0 Å². The van der Waals surface area contributed by atoms with E-state index in [2.05, 4.69) is 0 Å². The molecule has 1 atom stereocenters. The molecule has 0 fully saturated rings. The maximum Gasteiger partial charge on any atom is 0.416 e. The van der Waals surface area contributed by atoms with Gasteiger partial charge in [-0.2, -0.15) is 52.7 Å². The minimum atomic E-state index is -4.97. The Kier molecular flexibility index (Phi) is 25.3. The SMILES string of the molecule is NC(=O)CCC(=O)OCC(COC(=O)CCCCCCCCCCOc1cc(C(F)(F)F)cc(C(F)(F)F)c1)OC(=O)CCCCCCCCCCOc1cc(C(F)(F)F)cc(C(F)(F)F)c1. The molecule has 67 heavy (non-hydrogen) atoms. The highest BCUT2D eigenvalue weighted by molar-refractivity contribution is 5.80. The molecule has 2 aromatic carbocycles. The zero-order chi connectivity index (χ0) is 50.1. The molecule has 0 bridgehead atoms. The van der Waals surface area contributed by atoms with Gasteiger partial charge in [0.15, 0.2) is 6.10 Å². The highest BCUT2D eigenvalue weighted by atomic mass is 19.4. The van der Waals surface area contributed by atoms with Crippen molar-refractivity contribution in [2.75, 3.05) is 26.4 Å². The first-order valence-corrected chi connectivity index (χ1v) is 22.0. The zero-order valence-corrected chi connectivity index (χ0v) is 36.8. The van der Waals surface area contributed by atoms with Crippen molar-refractivity contribution in [2.45, 2.75) is 159 Å². The van der Waals surface area contributed by atoms with Crippen molar-refractivity contribution in [2.24, 2.45) is 5.73 Å². The van der Waals surface area contributed by atoms with E-state index in [4.69, 9.17) is 29.4 Å². The Balaban J connectivity index is 1.61. The average Bonchev–Trinajstić information content (AvgIpc) is 3.23. The quantitative estimate of drug-likeness (QED) is 0.0328. The van der Waals surface area contributed by atoms with E-state index in [9.17, 15) is 71.9 Å². The summed E-state index contributed by atoms with van der Waals surface area (Å²) in [5.74, 6) is -3.73. The maximum absolute atomic E-state index is 13.0. The van der Waals surface area contributed by atoms with E-state index in [-0.39, 0.29) is 51.0 Å². The molecule has 22 heteroatoms. The molecule has 0 aromatic heterocycles. The second-order valence-corrected chi connectivity index (χ2v) is 15.8. The second kappa shape index (κ2) is 29.1. The molecule has 2 N–H and O–H groups in total. The number of halogens is 12. The van der Waals surface area contributed by atoms with Crippen molar-refractivity contribution in [1.82, 2.24) is 0 Å². The zero-order valence-electron chi connectivity index (χ0n) is 36.8. The van der Waals surface area contributed by atoms with Gasteiger partial charge in [0.05, 0.1) is 41.9 Å². The number of rotatable bonds is 32. The van der Waals surface area contributed by atoms with Crippen LogP contribution in [0.2, 0.25) is 0 Å². The summed E-state index contributed by atoms with van der Waals surface area (Å²) in [4.78, 5) is 48.0. The van der Waals surface area contributed by atoms with Gasteiger partial charge in [-0.05, 0) is 62.1 Å². The first-order valence-electron chi connectivity index (χ1n) is 22.0. The fourth-order valence-corrected chi connectivity index (χ4v) is 6.37. The molecule has 0 saturated heterocycles. The van der Waals surface area contributed by atoms with Gasteiger partial charge in [0.25, 0.3) is 0 Å². The molecule has 10 nitrogen and oxygen atoms in total. The molecule has 0 radical (unpaired) electrons. The third-order valence-corrected chi connectivity index (χ3v) is 9.94. The molecule has 1 amide bonds. The maximum atomic E-state index is 13.0. The van der Waals surface area contributed by atoms with Crippen molar-refractivity contribution in [3.8, 4) is 11.5 Å². The van der Waals surface area contributed by atoms with Crippen LogP contribution in [0.1, 0.15) is 151 Å². The van der Waals surface area contributed by atoms with Crippen LogP contribution in [0.25, 0.3) is 0 Å². The predicted molar refractivity (Wildman–Crippen MR) is 217 cm³/mol. The Morgan fingerprint density at radius 2 is 0.701 bits per heavy atom. The Bertz CT molecular complexity index is 1750. The Morgan fingerprint density at radius 3 is 1.03 bits per heavy atom. The number of unbranched alkanes of at least 4 members (excludes halogenated alkanes) is 14. The van der Waals surface area contributed by atoms with Crippen LogP contribution in [-0.4, -0.2) is 56.3 Å². The number of ether oxygens (including phenoxy) is 5. The smallest absolute Gasteiger partial charge is 0.416 e. The number of benzene rings is 2. The van der Waals surface area contributed by atoms with Crippen molar-refractivity contribution in [3.63, 3.8) is 0 Å². The molecule has 1 unspecified atom stereocenters. The van der Waals surface area contributed by atoms with E-state index in [1.54, 1.807) is 0 Å². The van der Waals surface area contributed by atoms with Gasteiger partial charge in [0.1, 0.15) is 24.7 Å². The Labute approximate surface area is 380 Å². The van der Waals surface area contributed by atoms with Gasteiger partial charge in [-0.15, -0.1) is 0 Å². The van der Waals surface area contributed by atoms with Gasteiger partial charge >= 0.3 is 42.6 Å². The number of nitrogens with two attached hydrogens (primary N) is 1. The largest absolute Gasteiger partial charge is 0.494 e. The van der Waals surface area contributed by atoms with Gasteiger partial charge < -0.3 is 29.4 Å². The van der Waals surface area contributed by atoms with E-state index >= 15 is 0 Å². The van der Waals surface area contributed by atoms with Crippen molar-refractivity contribution >= 4 is 23.8 Å². The van der Waals surface area contributed by atoms with E-state index in [0.717, 1.165) is 51.4 Å². The summed E-state index contributed by atoms with van der Waals surface area (Å²) in [5.41, 5.74) is -0.752. The monoisotopic (exact) mass is 983 g/mol. The number of carbonyl (C=O) groups is 4. The van der Waals surface area contributed by atoms with Crippen LogP contribution < -0.4 is 15.2 Å². The fraction of sp³-hybridized carbons (Fsp3) is 0.644. The van der Waals surface area contributed by atoms with Crippen molar-refractivity contribution in [3.05, 3.63) is 58.7 Å². The lowest BCUT2D eigenvalue weighted by atomic mass is 10.1. The fourth-order valence-electron chi connectivity index (χ4n) is 6.37. The Hall–Kier alpha value is -4.92. The first-order chi connectivity index (χ1) is 31.3. The molecule has 0 aliphatic rings. The van der Waals surface area contributed by atoms with Crippen LogP contribution in [0, 0.1) is 0 Å². The van der Waals surface area contributed by atoms with E-state index in [1.165, 1.54) is 0 Å². The summed E-state index contributed by atoms with van der Waals surface area (Å²) >= 11 is 0. The molecule has 2 rings (SSSR count). The van der Waals surface area contributed by atoms with Crippen LogP contribution in [0.15, 0.2) is 36.4 Å². The van der Waals surface area contributed by atoms with Crippen LogP contribution in [0.3, 0.4) is 0 Å². The molecule has 0 aliphatic heterocycles. The molecule has 0 heterocycles. The van der Waals surface area contributed by atoms with Crippen LogP contribution >= 0.6 is 0 Å². The van der Waals surface area contributed by atoms with Gasteiger partial charge in [-0.3, -0.25) is 19.2 Å². The summed E-state index contributed by atoms with van der Waals surface area (Å²) in [6.07, 6.45) is -10.9. The number of hydrogen-bond acceptors (Lipinski definition) is 9. The topological polar surface area (TPSA) is 140 Å². The lowest BCUT2D eigenvalue weighted by Crippen LogP contribution is -2.31. The number of hydrogen-bond donors (Lipinski definition) is 1. The van der Waals surface area contributed by atoms with Gasteiger partial charge in [0, 0.05) is 19.3 Å². The standard InChI is InChI=1S/C45H57F12NO9/c46-42(47,48)31-23-32(43(49,50)51)26-35(25-31)63-21-15-11-7-3-1-5-9-13-17-39(60)65-29-37(30-66-40(61)20-19-38(58)59)67-41(62)18-14-10-6-2-4-8-12-16-22-64-36-27-33(44(52,53)54)24-34(28-36)45(55,56)57/h23-28,37H,1-22,29-30H2,(H2,58,59). The highest BCUT2D eigenvalue weighted by Gasteiger charge is 2.38. The number of alkyl halides is 12. The minimum Gasteiger partial charge on any atom is -0.494 e. The molecular weight excluding hydrogens is 926 g/mol. The van der Waals surface area contributed by atoms with Gasteiger partial charge in [-0.1, -0.05) is 77.0 Å². The molecule has 0 spiro atoms. The van der Waals surface area contributed by atoms with Gasteiger partial charge in [0.2, 0.25) is 5.91 Å². The summed E-state index contributed by atoms with van der Waals surface area (Å²) in [6, 6.07) is 2.19. The molecule has 0 aliphatic carbocycles. The lowest BCUT2D eigenvalue weighted by molar-refractivity contribution is -0.167. The summed E-state index contributed by atoms with van der Waals surface area (Å²) in [5, 5.41) is 0. The Morgan fingerprint density at radius 1 is 0.403 bits per heavy atom. The van der Waals surface area contributed by atoms with E-state index < -0.39 is 102 Å². The third-order valence-electron chi connectivity index (χ3n) is 9.94. The molecule has 0 saturated carbocycles. The molecular formula is C45H57F12NO9. The third kappa shape index (κ3) is 26.3. The van der Waals surface area contributed by atoms with Crippen LogP contribution in [0.5, 0.6) is 11.5 Å². The van der Waals surface area contributed by atoms with E-state index in [0.29, 0.717) is 75.6 Å². The number of amides is 1. The van der Waals surface area contributed by atoms with Crippen LogP contribution in [0.4, 0.5) is 52.7 Å². The first kappa shape index (κ1) is 58.2. The number of carbonyl (C=O) groups excluding carboxylic acids is 4.